The van der Waals surface area contributed by atoms with Crippen molar-refractivity contribution in [1.82, 2.24) is 10.6 Å². The fourth-order valence-corrected chi connectivity index (χ4v) is 6.08. The van der Waals surface area contributed by atoms with Gasteiger partial charge in [-0.05, 0) is 71.1 Å². The van der Waals surface area contributed by atoms with Crippen LogP contribution in [0.1, 0.15) is 226 Å². The SMILES string of the molecule is CCCCCCCCC=CCCCCCCCCCC(=O)NC(C)NC(=O)CCCCCCCCCC=CCCCCCCCC. The second-order valence-corrected chi connectivity index (χ2v) is 13.9. The number of amides is 2. The van der Waals surface area contributed by atoms with Crippen molar-refractivity contribution in [3.05, 3.63) is 24.3 Å². The van der Waals surface area contributed by atoms with Crippen molar-refractivity contribution in [2.24, 2.45) is 0 Å². The summed E-state index contributed by atoms with van der Waals surface area (Å²) in [7, 11) is 0. The van der Waals surface area contributed by atoms with Crippen molar-refractivity contribution < 1.29 is 9.59 Å². The molecule has 0 aliphatic carbocycles. The third-order valence-corrected chi connectivity index (χ3v) is 9.09. The molecule has 0 spiro atoms. The van der Waals surface area contributed by atoms with Gasteiger partial charge in [-0.25, -0.2) is 0 Å². The second-order valence-electron chi connectivity index (χ2n) is 13.9. The van der Waals surface area contributed by atoms with Crippen molar-refractivity contribution in [3.8, 4) is 0 Å². The van der Waals surface area contributed by atoms with Crippen LogP contribution >= 0.6 is 0 Å². The summed E-state index contributed by atoms with van der Waals surface area (Å²) in [6.45, 7) is 6.41. The van der Waals surface area contributed by atoms with E-state index in [0.717, 1.165) is 25.7 Å². The van der Waals surface area contributed by atoms with E-state index in [-0.39, 0.29) is 18.0 Å². The fraction of sp³-hybridized carbons (Fsp3) is 0.857. The molecule has 0 saturated carbocycles. The van der Waals surface area contributed by atoms with Crippen LogP contribution in [0, 0.1) is 0 Å². The summed E-state index contributed by atoms with van der Waals surface area (Å²) in [4.78, 5) is 24.5. The molecular formula is C42H80N2O2. The summed E-state index contributed by atoms with van der Waals surface area (Å²) >= 11 is 0. The molecule has 0 saturated heterocycles. The standard InChI is InChI=1S/C42H80N2O2/c1-4-6-8-10-12-14-16-18-20-22-24-26-28-30-32-34-36-38-41(45)43-40(3)44-42(46)39-37-35-33-31-29-27-25-23-21-19-17-15-13-11-9-7-5-2/h18-21,40H,4-17,22-39H2,1-3H3,(H,43,45)(H,44,46). The lowest BCUT2D eigenvalue weighted by molar-refractivity contribution is -0.124. The molecule has 4 heteroatoms. The first kappa shape index (κ1) is 44.4. The van der Waals surface area contributed by atoms with Gasteiger partial charge in [0.1, 0.15) is 0 Å². The first-order valence-corrected chi connectivity index (χ1v) is 20.5. The third-order valence-electron chi connectivity index (χ3n) is 9.09. The summed E-state index contributed by atoms with van der Waals surface area (Å²) in [6, 6.07) is 0. The quantitative estimate of drug-likeness (QED) is 0.0405. The smallest absolute Gasteiger partial charge is 0.221 e. The van der Waals surface area contributed by atoms with E-state index in [2.05, 4.69) is 48.8 Å². The van der Waals surface area contributed by atoms with Crippen LogP contribution in [0.2, 0.25) is 0 Å². The van der Waals surface area contributed by atoms with Crippen LogP contribution in [0.3, 0.4) is 0 Å². The van der Waals surface area contributed by atoms with Gasteiger partial charge in [-0.15, -0.1) is 0 Å². The van der Waals surface area contributed by atoms with Crippen molar-refractivity contribution in [2.75, 3.05) is 0 Å². The molecule has 0 rings (SSSR count). The number of nitrogens with one attached hydrogen (secondary N) is 2. The summed E-state index contributed by atoms with van der Waals surface area (Å²) in [5, 5.41) is 5.88. The maximum Gasteiger partial charge on any atom is 0.221 e. The minimum atomic E-state index is -0.292. The Morgan fingerprint density at radius 3 is 0.913 bits per heavy atom. The number of allylic oxidation sites excluding steroid dienone is 4. The van der Waals surface area contributed by atoms with Gasteiger partial charge in [0.2, 0.25) is 11.8 Å². The zero-order valence-electron chi connectivity index (χ0n) is 31.3. The van der Waals surface area contributed by atoms with E-state index in [0.29, 0.717) is 12.8 Å². The molecule has 0 atom stereocenters. The Morgan fingerprint density at radius 2 is 0.630 bits per heavy atom. The van der Waals surface area contributed by atoms with Crippen LogP contribution < -0.4 is 10.6 Å². The molecule has 0 radical (unpaired) electrons. The molecule has 0 unspecified atom stereocenters. The largest absolute Gasteiger partial charge is 0.336 e. The maximum absolute atomic E-state index is 12.2. The highest BCUT2D eigenvalue weighted by atomic mass is 16.2. The van der Waals surface area contributed by atoms with Crippen LogP contribution in [0.4, 0.5) is 0 Å². The predicted octanol–water partition coefficient (Wildman–Crippen LogP) is 13.2. The zero-order chi connectivity index (χ0) is 33.6. The molecule has 0 aromatic heterocycles. The number of unbranched alkanes of at least 4 members (excludes halogenated alkanes) is 26. The highest BCUT2D eigenvalue weighted by Crippen LogP contribution is 2.13. The van der Waals surface area contributed by atoms with Crippen LogP contribution in [0.15, 0.2) is 24.3 Å². The van der Waals surface area contributed by atoms with Crippen molar-refractivity contribution in [2.45, 2.75) is 232 Å². The molecule has 0 aromatic carbocycles. The van der Waals surface area contributed by atoms with E-state index in [4.69, 9.17) is 0 Å². The summed E-state index contributed by atoms with van der Waals surface area (Å²) in [6.07, 6.45) is 48.8. The van der Waals surface area contributed by atoms with Gasteiger partial charge in [0.05, 0.1) is 6.17 Å². The number of hydrogen-bond donors (Lipinski definition) is 2. The Hall–Kier alpha value is -1.58. The number of hydrogen-bond acceptors (Lipinski definition) is 2. The molecule has 2 N–H and O–H groups in total. The third kappa shape index (κ3) is 36.9. The Balaban J connectivity index is 3.44. The fourth-order valence-electron chi connectivity index (χ4n) is 6.08. The van der Waals surface area contributed by atoms with E-state index >= 15 is 0 Å². The Kier molecular flexibility index (Phi) is 36.6. The maximum atomic E-state index is 12.2. The number of carbonyl (C=O) groups is 2. The van der Waals surface area contributed by atoms with Crippen LogP contribution in [-0.4, -0.2) is 18.0 Å². The van der Waals surface area contributed by atoms with E-state index < -0.39 is 0 Å². The Morgan fingerprint density at radius 1 is 0.391 bits per heavy atom. The molecule has 0 aromatic rings. The molecule has 0 heterocycles. The van der Waals surface area contributed by atoms with Crippen LogP contribution in [0.25, 0.3) is 0 Å². The number of carbonyl (C=O) groups excluding carboxylic acids is 2. The van der Waals surface area contributed by atoms with Crippen molar-refractivity contribution >= 4 is 11.8 Å². The lowest BCUT2D eigenvalue weighted by Crippen LogP contribution is -2.45. The minimum absolute atomic E-state index is 0.0499. The van der Waals surface area contributed by atoms with E-state index in [9.17, 15) is 9.59 Å². The molecule has 270 valence electrons. The Bertz CT molecular complexity index is 644. The lowest BCUT2D eigenvalue weighted by Gasteiger charge is -2.16. The van der Waals surface area contributed by atoms with Crippen molar-refractivity contribution in [1.29, 1.82) is 0 Å². The lowest BCUT2D eigenvalue weighted by atomic mass is 10.1. The summed E-state index contributed by atoms with van der Waals surface area (Å²) < 4.78 is 0. The highest BCUT2D eigenvalue weighted by Gasteiger charge is 2.10. The first-order valence-electron chi connectivity index (χ1n) is 20.5. The Labute approximate surface area is 288 Å². The predicted molar refractivity (Wildman–Crippen MR) is 203 cm³/mol. The van der Waals surface area contributed by atoms with Gasteiger partial charge < -0.3 is 10.6 Å². The monoisotopic (exact) mass is 645 g/mol. The second kappa shape index (κ2) is 37.9. The van der Waals surface area contributed by atoms with Gasteiger partial charge in [0.15, 0.2) is 0 Å². The minimum Gasteiger partial charge on any atom is -0.336 e. The topological polar surface area (TPSA) is 58.2 Å². The molecule has 0 aliphatic rings. The van der Waals surface area contributed by atoms with Crippen LogP contribution in [-0.2, 0) is 9.59 Å². The molecule has 0 fully saturated rings. The molecular weight excluding hydrogens is 564 g/mol. The van der Waals surface area contributed by atoms with Gasteiger partial charge >= 0.3 is 0 Å². The van der Waals surface area contributed by atoms with Gasteiger partial charge in [-0.1, -0.05) is 167 Å². The van der Waals surface area contributed by atoms with E-state index in [1.54, 1.807) is 0 Å². The average molecular weight is 645 g/mol. The normalized spacial score (nSPS) is 12.3. The van der Waals surface area contributed by atoms with E-state index in [1.165, 1.54) is 167 Å². The average Bonchev–Trinajstić information content (AvgIpc) is 3.03. The summed E-state index contributed by atoms with van der Waals surface area (Å²) in [5.41, 5.74) is 0. The van der Waals surface area contributed by atoms with Gasteiger partial charge in [0, 0.05) is 12.8 Å². The molecule has 4 nitrogen and oxygen atoms in total. The van der Waals surface area contributed by atoms with Crippen LogP contribution in [0.5, 0.6) is 0 Å². The highest BCUT2D eigenvalue weighted by molar-refractivity contribution is 5.79. The first-order chi connectivity index (χ1) is 22.6. The van der Waals surface area contributed by atoms with Gasteiger partial charge in [-0.2, -0.15) is 0 Å². The molecule has 0 bridgehead atoms. The number of rotatable bonds is 36. The summed E-state index contributed by atoms with van der Waals surface area (Å²) in [5.74, 6) is 0.0997. The molecule has 0 aliphatic heterocycles. The molecule has 46 heavy (non-hydrogen) atoms. The van der Waals surface area contributed by atoms with Crippen molar-refractivity contribution in [3.63, 3.8) is 0 Å². The zero-order valence-corrected chi connectivity index (χ0v) is 31.3. The molecule has 2 amide bonds. The van der Waals surface area contributed by atoms with E-state index in [1.807, 2.05) is 6.92 Å². The van der Waals surface area contributed by atoms with Gasteiger partial charge in [-0.3, -0.25) is 9.59 Å². The van der Waals surface area contributed by atoms with Gasteiger partial charge in [0.25, 0.3) is 0 Å².